The van der Waals surface area contributed by atoms with Crippen molar-refractivity contribution >= 4 is 41.0 Å². The van der Waals surface area contributed by atoms with E-state index in [1.165, 1.54) is 0 Å². The smallest absolute Gasteiger partial charge is 0.262 e. The number of hydrogen-bond acceptors (Lipinski definition) is 11. The monoisotopic (exact) mass is 651 g/mol. The molecular formula is C34H33N7O7. The number of anilines is 2. The van der Waals surface area contributed by atoms with Gasteiger partial charge in [-0.3, -0.25) is 34.2 Å². The molecule has 9 rings (SSSR count). The van der Waals surface area contributed by atoms with Crippen LogP contribution in [0.15, 0.2) is 48.5 Å². The number of piperidine rings is 1. The van der Waals surface area contributed by atoms with Gasteiger partial charge in [-0.1, -0.05) is 12.1 Å². The molecule has 1 unspecified atom stereocenters. The number of ether oxygens (including phenoxy) is 1. The fourth-order valence-corrected chi connectivity index (χ4v) is 8.09. The molecular weight excluding hydrogens is 618 g/mol. The molecule has 2 aromatic carbocycles. The molecule has 246 valence electrons. The maximum absolute atomic E-state index is 13.6. The zero-order chi connectivity index (χ0) is 33.4. The number of hydrogen-bond donors (Lipinski definition) is 3. The van der Waals surface area contributed by atoms with Crippen molar-refractivity contribution in [3.63, 3.8) is 0 Å². The number of benzene rings is 2. The average molecular weight is 652 g/mol. The molecule has 5 fully saturated rings. The highest BCUT2D eigenvalue weighted by Crippen LogP contribution is 2.73. The van der Waals surface area contributed by atoms with Crippen LogP contribution in [0.2, 0.25) is 0 Å². The molecule has 3 aliphatic heterocycles. The van der Waals surface area contributed by atoms with Crippen LogP contribution in [0.1, 0.15) is 52.8 Å². The van der Waals surface area contributed by atoms with Crippen molar-refractivity contribution < 1.29 is 33.8 Å². The summed E-state index contributed by atoms with van der Waals surface area (Å²) in [6.45, 7) is 2.62. The largest absolute Gasteiger partial charge is 0.507 e. The van der Waals surface area contributed by atoms with Gasteiger partial charge in [0.1, 0.15) is 17.5 Å². The van der Waals surface area contributed by atoms with Gasteiger partial charge in [0, 0.05) is 55.3 Å². The van der Waals surface area contributed by atoms with E-state index in [9.17, 15) is 29.1 Å². The van der Waals surface area contributed by atoms with Crippen molar-refractivity contribution in [2.45, 2.75) is 38.1 Å². The number of carbonyl (C=O) groups excluding carboxylic acids is 5. The summed E-state index contributed by atoms with van der Waals surface area (Å²) in [7, 11) is 0. The minimum atomic E-state index is -1.01. The van der Waals surface area contributed by atoms with Gasteiger partial charge < -0.3 is 25.4 Å². The van der Waals surface area contributed by atoms with Gasteiger partial charge in [0.15, 0.2) is 11.6 Å². The van der Waals surface area contributed by atoms with Crippen molar-refractivity contribution in [2.75, 3.05) is 43.4 Å². The molecule has 14 heteroatoms. The van der Waals surface area contributed by atoms with Gasteiger partial charge >= 0.3 is 0 Å². The Bertz CT molecular complexity index is 1900. The van der Waals surface area contributed by atoms with Gasteiger partial charge in [-0.05, 0) is 56.0 Å². The lowest BCUT2D eigenvalue weighted by molar-refractivity contribution is -0.225. The summed E-state index contributed by atoms with van der Waals surface area (Å²) < 4.78 is 6.09. The standard InChI is InChI=1S/C34H33N7O7/c35-28-26(14-23(37-38-28)21-3-1-2-4-25(21)42)48-18-33-15-34(16-33,17-33)32(47)40-11-9-39(10-12-40)19-5-6-20-22(13-19)31(46)41(30(20)45)24-7-8-27(43)36-29(24)44/h1-6,13-14,24,42H,7-12,15-18H2,(H2,35,38)(H,36,43,44). The van der Waals surface area contributed by atoms with Crippen molar-refractivity contribution in [2.24, 2.45) is 10.8 Å². The first-order valence-electron chi connectivity index (χ1n) is 16.0. The van der Waals surface area contributed by atoms with E-state index < -0.39 is 29.7 Å². The summed E-state index contributed by atoms with van der Waals surface area (Å²) >= 11 is 0. The van der Waals surface area contributed by atoms with Crippen LogP contribution in [0, 0.1) is 10.8 Å². The number of nitrogen functional groups attached to an aromatic ring is 1. The number of nitrogens with two attached hydrogens (primary N) is 1. The van der Waals surface area contributed by atoms with Gasteiger partial charge in [0.05, 0.1) is 23.1 Å². The van der Waals surface area contributed by atoms with Gasteiger partial charge in [-0.25, -0.2) is 0 Å². The topological polar surface area (TPSA) is 188 Å². The molecule has 2 saturated heterocycles. The number of aromatic nitrogens is 2. The van der Waals surface area contributed by atoms with Crippen LogP contribution < -0.4 is 20.7 Å². The average Bonchev–Trinajstić information content (AvgIpc) is 3.29. The number of imide groups is 2. The summed E-state index contributed by atoms with van der Waals surface area (Å²) in [5.41, 5.74) is 7.81. The van der Waals surface area contributed by atoms with E-state index in [2.05, 4.69) is 20.4 Å². The Morgan fingerprint density at radius 3 is 2.40 bits per heavy atom. The van der Waals surface area contributed by atoms with Crippen LogP contribution >= 0.6 is 0 Å². The van der Waals surface area contributed by atoms with Crippen molar-refractivity contribution in [1.29, 1.82) is 0 Å². The first-order chi connectivity index (χ1) is 23.1. The van der Waals surface area contributed by atoms with Crippen LogP contribution in [0.3, 0.4) is 0 Å². The highest BCUT2D eigenvalue weighted by atomic mass is 16.5. The van der Waals surface area contributed by atoms with E-state index >= 15 is 0 Å². The predicted octanol–water partition coefficient (Wildman–Crippen LogP) is 1.73. The third-order valence-corrected chi connectivity index (χ3v) is 10.4. The van der Waals surface area contributed by atoms with Gasteiger partial charge in [-0.2, -0.15) is 0 Å². The number of carbonyl (C=O) groups is 5. The minimum absolute atomic E-state index is 0.0647. The van der Waals surface area contributed by atoms with E-state index in [0.29, 0.717) is 49.8 Å². The van der Waals surface area contributed by atoms with Gasteiger partial charge in [-0.15, -0.1) is 10.2 Å². The number of amides is 5. The summed E-state index contributed by atoms with van der Waals surface area (Å²) in [6, 6.07) is 12.6. The fraction of sp³-hybridized carbons (Fsp3) is 0.382. The van der Waals surface area contributed by atoms with Crippen LogP contribution in [0.4, 0.5) is 11.5 Å². The number of fused-ring (bicyclic) bond motifs is 1. The van der Waals surface area contributed by atoms with E-state index in [1.807, 2.05) is 4.90 Å². The summed E-state index contributed by atoms with van der Waals surface area (Å²) in [5.74, 6) is -1.33. The van der Waals surface area contributed by atoms with E-state index in [0.717, 1.165) is 29.8 Å². The lowest BCUT2D eigenvalue weighted by atomic mass is 9.35. The van der Waals surface area contributed by atoms with Crippen molar-refractivity contribution in [3.05, 3.63) is 59.7 Å². The third-order valence-electron chi connectivity index (χ3n) is 10.4. The summed E-state index contributed by atoms with van der Waals surface area (Å²) in [6.07, 6.45) is 2.40. The fourth-order valence-electron chi connectivity index (χ4n) is 8.09. The number of rotatable bonds is 7. The molecule has 0 radical (unpaired) electrons. The third kappa shape index (κ3) is 4.65. The van der Waals surface area contributed by atoms with E-state index in [1.54, 1.807) is 48.5 Å². The molecule has 2 bridgehead atoms. The lowest BCUT2D eigenvalue weighted by Crippen LogP contribution is -2.70. The van der Waals surface area contributed by atoms with Crippen molar-refractivity contribution in [1.82, 2.24) is 25.3 Å². The molecule has 1 aromatic heterocycles. The maximum Gasteiger partial charge on any atom is 0.262 e. The van der Waals surface area contributed by atoms with E-state index in [4.69, 9.17) is 10.5 Å². The zero-order valence-electron chi connectivity index (χ0n) is 26.0. The molecule has 4 heterocycles. The van der Waals surface area contributed by atoms with Crippen LogP contribution in [0.5, 0.6) is 11.5 Å². The number of nitrogens with one attached hydrogen (secondary N) is 1. The number of phenols is 1. The van der Waals surface area contributed by atoms with E-state index in [-0.39, 0.29) is 52.3 Å². The molecule has 14 nitrogen and oxygen atoms in total. The van der Waals surface area contributed by atoms with Crippen LogP contribution in [0.25, 0.3) is 11.3 Å². The molecule has 0 spiro atoms. The van der Waals surface area contributed by atoms with Crippen molar-refractivity contribution in [3.8, 4) is 22.8 Å². The number of aromatic hydroxyl groups is 1. The second-order valence-electron chi connectivity index (χ2n) is 13.6. The van der Waals surface area contributed by atoms with Crippen LogP contribution in [-0.4, -0.2) is 93.5 Å². The maximum atomic E-state index is 13.6. The Hall–Kier alpha value is -5.53. The highest BCUT2D eigenvalue weighted by Gasteiger charge is 2.72. The molecule has 3 saturated carbocycles. The van der Waals surface area contributed by atoms with Gasteiger partial charge in [0.2, 0.25) is 17.7 Å². The highest BCUT2D eigenvalue weighted by molar-refractivity contribution is 6.23. The SMILES string of the molecule is Nc1nnc(-c2ccccc2O)cc1OCC12CC(C(=O)N3CCN(c4ccc5c(c4)C(=O)N(C4CCC(=O)NC4=O)C5=O)CC3)(C1)C2. The Morgan fingerprint density at radius 2 is 1.67 bits per heavy atom. The molecule has 5 amide bonds. The van der Waals surface area contributed by atoms with Gasteiger partial charge in [0.25, 0.3) is 11.8 Å². The number of nitrogens with zero attached hydrogens (tertiary/aromatic N) is 5. The molecule has 3 aromatic rings. The number of phenolic OH excluding ortho intramolecular Hbond substituents is 1. The van der Waals surface area contributed by atoms with Crippen LogP contribution in [-0.2, 0) is 14.4 Å². The zero-order valence-corrected chi connectivity index (χ0v) is 26.0. The first kappa shape index (κ1) is 29.8. The normalized spacial score (nSPS) is 26.1. The molecule has 6 aliphatic rings. The lowest BCUT2D eigenvalue weighted by Gasteiger charge is -2.69. The number of piperazine rings is 1. The predicted molar refractivity (Wildman–Crippen MR) is 170 cm³/mol. The molecule has 3 aliphatic carbocycles. The summed E-state index contributed by atoms with van der Waals surface area (Å²) in [5, 5.41) is 20.5. The molecule has 1 atom stereocenters. The Kier molecular flexibility index (Phi) is 6.69. The molecule has 48 heavy (non-hydrogen) atoms. The minimum Gasteiger partial charge on any atom is -0.507 e. The Balaban J connectivity index is 0.857. The Labute approximate surface area is 274 Å². The second kappa shape index (κ2) is 10.8. The number of para-hydroxylation sites is 1. The quantitative estimate of drug-likeness (QED) is 0.316. The first-order valence-corrected chi connectivity index (χ1v) is 16.0. The molecule has 4 N–H and O–H groups in total. The second-order valence-corrected chi connectivity index (χ2v) is 13.6. The Morgan fingerprint density at radius 1 is 0.938 bits per heavy atom. The summed E-state index contributed by atoms with van der Waals surface area (Å²) in [4.78, 5) is 68.8.